The fraction of sp³-hybridized carbons (Fsp3) is 0.540. The van der Waals surface area contributed by atoms with Crippen molar-refractivity contribution in [3.05, 3.63) is 71.9 Å². The van der Waals surface area contributed by atoms with Gasteiger partial charge in [-0.15, -0.1) is 0 Å². The van der Waals surface area contributed by atoms with E-state index in [2.05, 4.69) is 78.8 Å². The fourth-order valence-electron chi connectivity index (χ4n) is 9.84. The number of rotatable bonds is 47. The number of benzene rings is 2. The van der Waals surface area contributed by atoms with Crippen molar-refractivity contribution >= 4 is 99.6 Å². The Hall–Kier alpha value is -10.6. The Morgan fingerprint density at radius 3 is 1.44 bits per heavy atom. The van der Waals surface area contributed by atoms with Crippen molar-refractivity contribution in [2.75, 3.05) is 52.4 Å². The summed E-state index contributed by atoms with van der Waals surface area (Å²) in [5.74, 6) is -12.2. The van der Waals surface area contributed by atoms with Gasteiger partial charge >= 0.3 is 0 Å². The molecule has 0 aliphatic heterocycles. The maximum Gasteiger partial charge on any atom is 0.245 e. The second-order valence-corrected chi connectivity index (χ2v) is 23.8. The number of nitrogens with two attached hydrogens (primary N) is 8. The van der Waals surface area contributed by atoms with Crippen LogP contribution in [0.15, 0.2) is 70.8 Å². The lowest BCUT2D eigenvalue weighted by Crippen LogP contribution is -2.60. The Kier molecular flexibility index (Phi) is 37.9. The smallest absolute Gasteiger partial charge is 0.245 e. The minimum atomic E-state index is -1.74. The van der Waals surface area contributed by atoms with Crippen molar-refractivity contribution < 1.29 is 72.5 Å². The summed E-state index contributed by atoms with van der Waals surface area (Å²) >= 11 is 0. The van der Waals surface area contributed by atoms with Crippen LogP contribution in [0.2, 0.25) is 0 Å². The highest BCUT2D eigenvalue weighted by Gasteiger charge is 2.35. The summed E-state index contributed by atoms with van der Waals surface area (Å²) < 4.78 is 0. The zero-order valence-corrected chi connectivity index (χ0v) is 57.0. The number of nitrogens with zero attached hydrogens (tertiary/aromatic N) is 2. The normalized spacial score (nSPS) is 14.2. The standard InChI is InChI=1S/C63H101N23O15/c1-34(78-49(90)32-77-61(101)51(36(3)88)86-59(99)46(28-38-29-74-41-18-8-7-17-39(38)41)80-50(91)31-75-48(89)30-76-55(95)40(66)27-37-15-5-4-6-16-37)53(93)82-45(22-14-26-73-63(70)71)57(97)84-43(20-10-12-24-65)58(98)85-47(33-87)60(100)79-35(2)54(94)83-44(21-13-25-72-62(68)69)56(96)81-42(52(67)92)19-9-11-23-64/h4-8,15-18,29,34-36,40,42-47,51,74,87-88H,9-14,19-28,30-33,64-66H2,1-3H3,(H2,67,92)(H,75,89)(H,76,95)(H,77,101)(H,78,90)(H,79,100)(H,80,91)(H,81,96)(H,82,93)(H,83,94)(H,84,97)(H,85,98)(H,86,99)(H4,68,69,72)(H4,70,71,73)/t34-,35-,36+,40-,42-,43-,44-,45-,46-,47-,51-/m0/s1. The first-order valence-electron chi connectivity index (χ1n) is 33.0. The molecular formula is C63H101N23O15. The Morgan fingerprint density at radius 2 is 0.901 bits per heavy atom. The zero-order chi connectivity index (χ0) is 75.1. The number of aliphatic hydroxyl groups excluding tert-OH is 2. The molecule has 31 N–H and O–H groups in total. The van der Waals surface area contributed by atoms with Crippen LogP contribution in [-0.2, 0) is 75.2 Å². The van der Waals surface area contributed by atoms with E-state index in [1.54, 1.807) is 54.7 Å². The predicted octanol–water partition coefficient (Wildman–Crippen LogP) is -8.74. The molecule has 38 heteroatoms. The van der Waals surface area contributed by atoms with Gasteiger partial charge in [-0.05, 0) is 122 Å². The molecule has 0 aliphatic carbocycles. The Balaban J connectivity index is 1.70. The summed E-state index contributed by atoms with van der Waals surface area (Å²) in [6.45, 7) is 1.19. The average molecular weight is 1420 g/mol. The molecule has 1 heterocycles. The largest absolute Gasteiger partial charge is 0.394 e. The van der Waals surface area contributed by atoms with Gasteiger partial charge in [0.15, 0.2) is 11.9 Å². The maximum absolute atomic E-state index is 14.2. The average Bonchev–Trinajstić information content (AvgIpc) is 1.70. The van der Waals surface area contributed by atoms with Gasteiger partial charge < -0.3 is 125 Å². The Labute approximate surface area is 583 Å². The number of aliphatic hydroxyl groups is 2. The molecule has 2 aromatic carbocycles. The number of H-pyrrole nitrogens is 1. The molecule has 0 fully saturated rings. The first-order valence-corrected chi connectivity index (χ1v) is 33.0. The molecule has 0 unspecified atom stereocenters. The highest BCUT2D eigenvalue weighted by atomic mass is 16.3. The molecule has 101 heavy (non-hydrogen) atoms. The maximum atomic E-state index is 14.2. The lowest BCUT2D eigenvalue weighted by Gasteiger charge is -2.26. The van der Waals surface area contributed by atoms with Gasteiger partial charge in [0.05, 0.1) is 38.4 Å². The van der Waals surface area contributed by atoms with E-state index in [0.29, 0.717) is 42.3 Å². The number of guanidine groups is 2. The van der Waals surface area contributed by atoms with E-state index in [-0.39, 0.29) is 89.3 Å². The molecular weight excluding hydrogens is 1320 g/mol. The van der Waals surface area contributed by atoms with Crippen LogP contribution in [0, 0.1) is 0 Å². The third-order valence-electron chi connectivity index (χ3n) is 15.4. The molecule has 3 aromatic rings. The summed E-state index contributed by atoms with van der Waals surface area (Å²) in [6.07, 6.45) is 1.77. The number of hydrogen-bond donors (Lipinski definition) is 23. The molecule has 13 amide bonds. The van der Waals surface area contributed by atoms with Crippen molar-refractivity contribution in [2.24, 2.45) is 55.9 Å². The quantitative estimate of drug-likeness (QED) is 0.0142. The summed E-state index contributed by atoms with van der Waals surface area (Å²) in [5.41, 5.74) is 46.7. The third kappa shape index (κ3) is 31.9. The number of aromatic nitrogens is 1. The monoisotopic (exact) mass is 1420 g/mol. The summed E-state index contributed by atoms with van der Waals surface area (Å²) in [6, 6.07) is 2.01. The van der Waals surface area contributed by atoms with E-state index in [1.807, 2.05) is 6.07 Å². The van der Waals surface area contributed by atoms with Crippen LogP contribution in [0.25, 0.3) is 10.9 Å². The second-order valence-electron chi connectivity index (χ2n) is 23.8. The third-order valence-corrected chi connectivity index (χ3v) is 15.4. The summed E-state index contributed by atoms with van der Waals surface area (Å²) in [7, 11) is 0. The number of aliphatic imine (C=N–C) groups is 2. The number of hydrogen-bond acceptors (Lipinski definition) is 20. The van der Waals surface area contributed by atoms with E-state index in [9.17, 15) is 72.5 Å². The molecule has 0 bridgehead atoms. The van der Waals surface area contributed by atoms with Crippen molar-refractivity contribution in [2.45, 2.75) is 164 Å². The molecule has 1 aromatic heterocycles. The van der Waals surface area contributed by atoms with Crippen LogP contribution in [0.5, 0.6) is 0 Å². The van der Waals surface area contributed by atoms with Crippen LogP contribution < -0.4 is 110 Å². The molecule has 558 valence electrons. The van der Waals surface area contributed by atoms with Crippen molar-refractivity contribution in [1.82, 2.24) is 68.8 Å². The van der Waals surface area contributed by atoms with Gasteiger partial charge in [0.1, 0.15) is 54.4 Å². The van der Waals surface area contributed by atoms with Gasteiger partial charge in [-0.25, -0.2) is 0 Å². The van der Waals surface area contributed by atoms with E-state index in [4.69, 9.17) is 45.9 Å². The minimum absolute atomic E-state index is 0.0279. The van der Waals surface area contributed by atoms with Gasteiger partial charge in [0.2, 0.25) is 76.8 Å². The number of amides is 13. The van der Waals surface area contributed by atoms with E-state index >= 15 is 0 Å². The van der Waals surface area contributed by atoms with Crippen molar-refractivity contribution in [3.63, 3.8) is 0 Å². The SMILES string of the molecule is C[C@H](NC(=O)CNC(=O)[C@@H](NC(=O)[C@H](Cc1c[nH]c2ccccc12)NC(=O)CNC(=O)CNC(=O)[C@@H](N)Cc1ccccc1)[C@@H](C)O)C(=O)N[C@@H](CCCN=C(N)N)C(=O)N[C@@H](CCCCN)C(=O)N[C@@H](CO)C(=O)N[C@@H](C)C(=O)N[C@@H](CCCN=C(N)N)C(=O)N[C@@H](CCCCN)C(N)=O. The Bertz CT molecular complexity index is 3310. The van der Waals surface area contributed by atoms with Crippen molar-refractivity contribution in [1.29, 1.82) is 0 Å². The fourth-order valence-corrected chi connectivity index (χ4v) is 9.84. The van der Waals surface area contributed by atoms with Gasteiger partial charge in [0, 0.05) is 36.6 Å². The summed E-state index contributed by atoms with van der Waals surface area (Å²) in [4.78, 5) is 185. The lowest BCUT2D eigenvalue weighted by molar-refractivity contribution is -0.136. The van der Waals surface area contributed by atoms with Crippen LogP contribution in [0.1, 0.15) is 96.1 Å². The van der Waals surface area contributed by atoms with Crippen LogP contribution in [-0.4, -0.2) is 223 Å². The van der Waals surface area contributed by atoms with Crippen molar-refractivity contribution in [3.8, 4) is 0 Å². The van der Waals surface area contributed by atoms with Gasteiger partial charge in [0.25, 0.3) is 0 Å². The first kappa shape index (κ1) is 84.7. The van der Waals surface area contributed by atoms with E-state index in [0.717, 1.165) is 5.56 Å². The first-order chi connectivity index (χ1) is 48.0. The number of primary amides is 1. The van der Waals surface area contributed by atoms with E-state index < -0.39 is 170 Å². The Morgan fingerprint density at radius 1 is 0.455 bits per heavy atom. The minimum Gasteiger partial charge on any atom is -0.394 e. The number of aromatic amines is 1. The van der Waals surface area contributed by atoms with E-state index in [1.165, 1.54) is 20.8 Å². The van der Waals surface area contributed by atoms with Crippen LogP contribution in [0.4, 0.5) is 0 Å². The summed E-state index contributed by atoms with van der Waals surface area (Å²) in [5, 5.41) is 51.0. The van der Waals surface area contributed by atoms with Gasteiger partial charge in [-0.3, -0.25) is 72.3 Å². The van der Waals surface area contributed by atoms with Gasteiger partial charge in [-0.2, -0.15) is 0 Å². The molecule has 0 radical (unpaired) electrons. The van der Waals surface area contributed by atoms with Crippen LogP contribution >= 0.6 is 0 Å². The molecule has 38 nitrogen and oxygen atoms in total. The number of unbranched alkanes of at least 4 members (excludes halogenated alkanes) is 2. The lowest BCUT2D eigenvalue weighted by atomic mass is 10.0. The van der Waals surface area contributed by atoms with Crippen LogP contribution in [0.3, 0.4) is 0 Å². The molecule has 11 atom stereocenters. The number of carbonyl (C=O) groups is 13. The molecule has 0 aliphatic rings. The molecule has 0 saturated heterocycles. The molecule has 0 spiro atoms. The highest BCUT2D eigenvalue weighted by molar-refractivity contribution is 5.99. The number of carbonyl (C=O) groups excluding carboxylic acids is 13. The second kappa shape index (κ2) is 45.2. The highest BCUT2D eigenvalue weighted by Crippen LogP contribution is 2.20. The molecule has 0 saturated carbocycles. The zero-order valence-electron chi connectivity index (χ0n) is 57.0. The number of fused-ring (bicyclic) bond motifs is 1. The predicted molar refractivity (Wildman–Crippen MR) is 371 cm³/mol. The molecule has 3 rings (SSSR count). The van der Waals surface area contributed by atoms with Gasteiger partial charge in [-0.1, -0.05) is 48.5 Å². The number of nitrogens with one attached hydrogen (secondary N) is 13. The number of para-hydroxylation sites is 1. The topological polar surface area (TPSA) is 655 Å².